The van der Waals surface area contributed by atoms with E-state index in [9.17, 15) is 4.79 Å². The second-order valence-corrected chi connectivity index (χ2v) is 3.81. The molecule has 1 amide bonds. The van der Waals surface area contributed by atoms with Gasteiger partial charge in [0.05, 0.1) is 7.11 Å². The molecule has 0 aliphatic rings. The Labute approximate surface area is 109 Å². The fourth-order valence-corrected chi connectivity index (χ4v) is 1.41. The molecule has 0 spiro atoms. The zero-order chi connectivity index (χ0) is 13.0. The molecular weight excluding hydrogens is 254 g/mol. The summed E-state index contributed by atoms with van der Waals surface area (Å²) in [4.78, 5) is 11.8. The summed E-state index contributed by atoms with van der Waals surface area (Å²) in [7, 11) is 1.57. The van der Waals surface area contributed by atoms with Crippen LogP contribution in [0.2, 0.25) is 5.15 Å². The van der Waals surface area contributed by atoms with Crippen molar-refractivity contribution in [2.24, 2.45) is 0 Å². The van der Waals surface area contributed by atoms with E-state index in [0.717, 1.165) is 0 Å². The first-order valence-electron chi connectivity index (χ1n) is 5.13. The Morgan fingerprint density at radius 3 is 2.44 bits per heavy atom. The molecule has 18 heavy (non-hydrogen) atoms. The minimum Gasteiger partial charge on any atom is -0.497 e. The van der Waals surface area contributed by atoms with Gasteiger partial charge in [0.25, 0.3) is 5.91 Å². The lowest BCUT2D eigenvalue weighted by molar-refractivity contribution is 0.102. The summed E-state index contributed by atoms with van der Waals surface area (Å²) in [5.74, 6) is 0.771. The Kier molecular flexibility index (Phi) is 3.74. The molecule has 0 aliphatic heterocycles. The Balaban J connectivity index is 2.09. The van der Waals surface area contributed by atoms with Gasteiger partial charge in [0.1, 0.15) is 5.75 Å². The number of nitrogens with one attached hydrogen (secondary N) is 1. The van der Waals surface area contributed by atoms with Crippen molar-refractivity contribution in [3.05, 3.63) is 47.1 Å². The Morgan fingerprint density at radius 2 is 1.89 bits per heavy atom. The fourth-order valence-electron chi connectivity index (χ4n) is 1.31. The van der Waals surface area contributed by atoms with Gasteiger partial charge in [0.15, 0.2) is 11.0 Å². The van der Waals surface area contributed by atoms with Crippen molar-refractivity contribution in [2.45, 2.75) is 0 Å². The lowest BCUT2D eigenvalue weighted by Crippen LogP contribution is -2.13. The summed E-state index contributed by atoms with van der Waals surface area (Å²) in [6, 6.07) is 9.88. The molecule has 0 bridgehead atoms. The maximum Gasteiger partial charge on any atom is 0.256 e. The summed E-state index contributed by atoms with van der Waals surface area (Å²) in [5.41, 5.74) is 0.507. The van der Waals surface area contributed by atoms with Crippen LogP contribution in [0.15, 0.2) is 36.4 Å². The van der Waals surface area contributed by atoms with Crippen molar-refractivity contribution in [2.75, 3.05) is 12.4 Å². The number of hydrogen-bond donors (Lipinski definition) is 1. The van der Waals surface area contributed by atoms with Crippen LogP contribution in [0.1, 0.15) is 10.4 Å². The van der Waals surface area contributed by atoms with Gasteiger partial charge in [-0.3, -0.25) is 4.79 Å². The first-order valence-corrected chi connectivity index (χ1v) is 5.51. The molecule has 92 valence electrons. The van der Waals surface area contributed by atoms with Gasteiger partial charge in [-0.1, -0.05) is 11.6 Å². The molecule has 1 N–H and O–H groups in total. The van der Waals surface area contributed by atoms with E-state index >= 15 is 0 Å². The van der Waals surface area contributed by atoms with E-state index in [-0.39, 0.29) is 11.1 Å². The van der Waals surface area contributed by atoms with Gasteiger partial charge in [-0.2, -0.15) is 0 Å². The number of halogens is 1. The van der Waals surface area contributed by atoms with Crippen LogP contribution in [0.5, 0.6) is 5.75 Å². The van der Waals surface area contributed by atoms with Crippen molar-refractivity contribution < 1.29 is 9.53 Å². The number of benzene rings is 1. The van der Waals surface area contributed by atoms with E-state index in [0.29, 0.717) is 17.1 Å². The molecule has 5 nitrogen and oxygen atoms in total. The number of methoxy groups -OCH3 is 1. The number of nitrogens with zero attached hydrogens (tertiary/aromatic N) is 2. The highest BCUT2D eigenvalue weighted by Gasteiger charge is 2.07. The van der Waals surface area contributed by atoms with Crippen LogP contribution in [-0.4, -0.2) is 23.2 Å². The van der Waals surface area contributed by atoms with Crippen molar-refractivity contribution in [3.63, 3.8) is 0 Å². The minimum absolute atomic E-state index is 0.269. The average molecular weight is 264 g/mol. The Bertz CT molecular complexity index is 540. The smallest absolute Gasteiger partial charge is 0.256 e. The van der Waals surface area contributed by atoms with E-state index in [1.165, 1.54) is 0 Å². The molecule has 0 unspecified atom stereocenters. The number of carbonyl (C=O) groups excluding carboxylic acids is 1. The summed E-state index contributed by atoms with van der Waals surface area (Å²) in [6.07, 6.45) is 0. The van der Waals surface area contributed by atoms with Crippen LogP contribution in [0.3, 0.4) is 0 Å². The molecule has 0 saturated heterocycles. The predicted octanol–water partition coefficient (Wildman–Crippen LogP) is 2.39. The summed E-state index contributed by atoms with van der Waals surface area (Å²) in [5, 5.41) is 10.3. The molecule has 1 aromatic carbocycles. The van der Waals surface area contributed by atoms with E-state index < -0.39 is 0 Å². The number of amides is 1. The standard InChI is InChI=1S/C12H10ClN3O2/c1-18-9-4-2-8(3-5-9)12(17)14-11-7-6-10(13)15-16-11/h2-7H,1H3,(H,14,16,17). The van der Waals surface area contributed by atoms with Crippen molar-refractivity contribution >= 4 is 23.3 Å². The van der Waals surface area contributed by atoms with E-state index in [2.05, 4.69) is 15.5 Å². The van der Waals surface area contributed by atoms with Crippen LogP contribution < -0.4 is 10.1 Å². The maximum absolute atomic E-state index is 11.8. The van der Waals surface area contributed by atoms with Crippen molar-refractivity contribution in [3.8, 4) is 5.75 Å². The molecule has 0 saturated carbocycles. The van der Waals surface area contributed by atoms with Gasteiger partial charge < -0.3 is 10.1 Å². The molecule has 0 fully saturated rings. The highest BCUT2D eigenvalue weighted by molar-refractivity contribution is 6.29. The number of ether oxygens (including phenoxy) is 1. The van der Waals surface area contributed by atoms with Gasteiger partial charge in [0, 0.05) is 5.56 Å². The van der Waals surface area contributed by atoms with Gasteiger partial charge in [0.2, 0.25) is 0 Å². The van der Waals surface area contributed by atoms with Crippen LogP contribution in [-0.2, 0) is 0 Å². The first kappa shape index (κ1) is 12.3. The molecule has 0 aliphatic carbocycles. The number of rotatable bonds is 3. The third kappa shape index (κ3) is 2.95. The predicted molar refractivity (Wildman–Crippen MR) is 68.0 cm³/mol. The number of anilines is 1. The molecule has 2 rings (SSSR count). The molecule has 1 heterocycles. The molecule has 2 aromatic rings. The van der Waals surface area contributed by atoms with Gasteiger partial charge >= 0.3 is 0 Å². The third-order valence-electron chi connectivity index (χ3n) is 2.23. The summed E-state index contributed by atoms with van der Waals surface area (Å²) >= 11 is 5.60. The maximum atomic E-state index is 11.8. The lowest BCUT2D eigenvalue weighted by atomic mass is 10.2. The van der Waals surface area contributed by atoms with Gasteiger partial charge in [-0.25, -0.2) is 0 Å². The second-order valence-electron chi connectivity index (χ2n) is 3.42. The van der Waals surface area contributed by atoms with Crippen LogP contribution in [0.4, 0.5) is 5.82 Å². The molecule has 1 aromatic heterocycles. The van der Waals surface area contributed by atoms with E-state index in [1.807, 2.05) is 0 Å². The zero-order valence-electron chi connectivity index (χ0n) is 9.55. The van der Waals surface area contributed by atoms with Crippen molar-refractivity contribution in [1.82, 2.24) is 10.2 Å². The molecular formula is C12H10ClN3O2. The fraction of sp³-hybridized carbons (Fsp3) is 0.0833. The monoisotopic (exact) mass is 263 g/mol. The van der Waals surface area contributed by atoms with Crippen molar-refractivity contribution in [1.29, 1.82) is 0 Å². The molecule has 0 atom stereocenters. The SMILES string of the molecule is COc1ccc(C(=O)Nc2ccc(Cl)nn2)cc1. The third-order valence-corrected chi connectivity index (χ3v) is 2.43. The highest BCUT2D eigenvalue weighted by atomic mass is 35.5. The topological polar surface area (TPSA) is 64.1 Å². The van der Waals surface area contributed by atoms with Gasteiger partial charge in [-0.05, 0) is 36.4 Å². The number of aromatic nitrogens is 2. The van der Waals surface area contributed by atoms with E-state index in [1.54, 1.807) is 43.5 Å². The highest BCUT2D eigenvalue weighted by Crippen LogP contribution is 2.13. The molecule has 0 radical (unpaired) electrons. The summed E-state index contributed by atoms with van der Waals surface area (Å²) in [6.45, 7) is 0. The van der Waals surface area contributed by atoms with Crippen LogP contribution >= 0.6 is 11.6 Å². The number of carbonyl (C=O) groups is 1. The normalized spacial score (nSPS) is 9.89. The second kappa shape index (κ2) is 5.46. The quantitative estimate of drug-likeness (QED) is 0.923. The van der Waals surface area contributed by atoms with Crippen LogP contribution in [0.25, 0.3) is 0 Å². The lowest BCUT2D eigenvalue weighted by Gasteiger charge is -2.04. The largest absolute Gasteiger partial charge is 0.497 e. The average Bonchev–Trinajstić information content (AvgIpc) is 2.41. The van der Waals surface area contributed by atoms with Gasteiger partial charge in [-0.15, -0.1) is 10.2 Å². The minimum atomic E-state index is -0.269. The first-order chi connectivity index (χ1) is 8.69. The molecule has 6 heteroatoms. The Morgan fingerprint density at radius 1 is 1.17 bits per heavy atom. The van der Waals surface area contributed by atoms with E-state index in [4.69, 9.17) is 16.3 Å². The number of hydrogen-bond acceptors (Lipinski definition) is 4. The Hall–Kier alpha value is -2.14. The zero-order valence-corrected chi connectivity index (χ0v) is 10.3. The summed E-state index contributed by atoms with van der Waals surface area (Å²) < 4.78 is 5.01. The van der Waals surface area contributed by atoms with Crippen LogP contribution in [0, 0.1) is 0 Å².